The summed E-state index contributed by atoms with van der Waals surface area (Å²) < 4.78 is 0. The van der Waals surface area contributed by atoms with Crippen molar-refractivity contribution in [3.8, 4) is 11.1 Å². The monoisotopic (exact) mass is 635 g/mol. The molecule has 0 saturated heterocycles. The Labute approximate surface area is 292 Å². The van der Waals surface area contributed by atoms with E-state index in [1.807, 2.05) is 20.8 Å². The van der Waals surface area contributed by atoms with E-state index in [1.54, 1.807) is 0 Å². The van der Waals surface area contributed by atoms with Crippen LogP contribution in [-0.4, -0.2) is 0 Å². The SMILES string of the molecule is C(=C\c1cccc2ccccc12)/Cc1ccccc1.CC.CC(N)c1ccc(C2(c3ccccc3)c3ccccc3-c3ccccc32)cc1. The second-order valence-electron chi connectivity index (χ2n) is 12.3. The van der Waals surface area contributed by atoms with Crippen LogP contribution in [-0.2, 0) is 11.8 Å². The van der Waals surface area contributed by atoms with Gasteiger partial charge in [-0.1, -0.05) is 202 Å². The first-order chi connectivity index (χ1) is 24.2. The molecule has 1 aliphatic rings. The maximum Gasteiger partial charge on any atom is 0.0713 e. The quantitative estimate of drug-likeness (QED) is 0.193. The van der Waals surface area contributed by atoms with Gasteiger partial charge in [0.05, 0.1) is 5.41 Å². The molecule has 242 valence electrons. The van der Waals surface area contributed by atoms with Crippen molar-refractivity contribution in [2.45, 2.75) is 38.6 Å². The Morgan fingerprint density at radius 1 is 0.531 bits per heavy atom. The average molecular weight is 636 g/mol. The first-order valence-electron chi connectivity index (χ1n) is 17.5. The fraction of sp³-hybridized carbons (Fsp3) is 0.125. The van der Waals surface area contributed by atoms with Crippen molar-refractivity contribution in [3.63, 3.8) is 0 Å². The smallest absolute Gasteiger partial charge is 0.0713 e. The molecule has 0 saturated carbocycles. The second-order valence-corrected chi connectivity index (χ2v) is 12.3. The number of benzene rings is 7. The first kappa shape index (κ1) is 33.4. The highest BCUT2D eigenvalue weighted by Gasteiger charge is 2.45. The van der Waals surface area contributed by atoms with Crippen molar-refractivity contribution in [1.82, 2.24) is 0 Å². The van der Waals surface area contributed by atoms with Gasteiger partial charge in [-0.3, -0.25) is 0 Å². The summed E-state index contributed by atoms with van der Waals surface area (Å²) in [5, 5.41) is 2.61. The topological polar surface area (TPSA) is 26.0 Å². The summed E-state index contributed by atoms with van der Waals surface area (Å²) in [5.74, 6) is 0. The van der Waals surface area contributed by atoms with Crippen LogP contribution < -0.4 is 5.73 Å². The van der Waals surface area contributed by atoms with Gasteiger partial charge in [0.1, 0.15) is 0 Å². The van der Waals surface area contributed by atoms with Crippen molar-refractivity contribution in [1.29, 1.82) is 0 Å². The van der Waals surface area contributed by atoms with E-state index >= 15 is 0 Å². The van der Waals surface area contributed by atoms with E-state index < -0.39 is 0 Å². The van der Waals surface area contributed by atoms with Gasteiger partial charge >= 0.3 is 0 Å². The minimum absolute atomic E-state index is 0.0323. The lowest BCUT2D eigenvalue weighted by Crippen LogP contribution is -2.28. The molecule has 1 nitrogen and oxygen atoms in total. The molecule has 0 radical (unpaired) electrons. The fourth-order valence-corrected chi connectivity index (χ4v) is 7.08. The highest BCUT2D eigenvalue weighted by atomic mass is 14.6. The number of hydrogen-bond donors (Lipinski definition) is 1. The Bertz CT molecular complexity index is 2070. The standard InChI is InChI=1S/C27H23N.C19H16.C2H6/c1-19(28)20-15-17-22(18-16-20)27(21-9-3-2-4-10-21)25-13-7-5-11-23(25)24-12-6-8-14-26(24)27;1-2-8-16(9-3-1)10-6-12-18-14-7-13-17-11-4-5-15-19(17)18;1-2/h2-19H,28H2,1H3;1-9,11-15H,10H2;1-2H3/b;12-6+;. The van der Waals surface area contributed by atoms with Crippen LogP contribution in [0.25, 0.3) is 28.0 Å². The van der Waals surface area contributed by atoms with E-state index in [1.165, 1.54) is 55.3 Å². The number of fused-ring (bicyclic) bond motifs is 4. The van der Waals surface area contributed by atoms with Crippen LogP contribution in [0.5, 0.6) is 0 Å². The van der Waals surface area contributed by atoms with E-state index in [0.717, 1.165) is 12.0 Å². The van der Waals surface area contributed by atoms with Crippen LogP contribution in [0, 0.1) is 0 Å². The molecule has 7 aromatic carbocycles. The van der Waals surface area contributed by atoms with E-state index in [0.29, 0.717) is 0 Å². The number of allylic oxidation sites excluding steroid dienone is 1. The van der Waals surface area contributed by atoms with Crippen LogP contribution in [0.15, 0.2) is 182 Å². The van der Waals surface area contributed by atoms with Gasteiger partial charge in [-0.05, 0) is 74.2 Å². The summed E-state index contributed by atoms with van der Waals surface area (Å²) in [7, 11) is 0. The summed E-state index contributed by atoms with van der Waals surface area (Å²) in [6.07, 6.45) is 5.43. The van der Waals surface area contributed by atoms with Gasteiger partial charge in [-0.25, -0.2) is 0 Å². The molecule has 1 heteroatoms. The van der Waals surface area contributed by atoms with Gasteiger partial charge < -0.3 is 5.73 Å². The van der Waals surface area contributed by atoms with Gasteiger partial charge in [-0.2, -0.15) is 0 Å². The van der Waals surface area contributed by atoms with Crippen molar-refractivity contribution >= 4 is 16.8 Å². The van der Waals surface area contributed by atoms with Gasteiger partial charge in [0.15, 0.2) is 0 Å². The number of hydrogen-bond acceptors (Lipinski definition) is 1. The highest BCUT2D eigenvalue weighted by molar-refractivity contribution is 5.90. The van der Waals surface area contributed by atoms with Crippen LogP contribution in [0.1, 0.15) is 65.8 Å². The van der Waals surface area contributed by atoms with E-state index in [4.69, 9.17) is 5.73 Å². The lowest BCUT2D eigenvalue weighted by Gasteiger charge is -2.34. The van der Waals surface area contributed by atoms with Gasteiger partial charge in [0.25, 0.3) is 0 Å². The third-order valence-electron chi connectivity index (χ3n) is 9.35. The zero-order chi connectivity index (χ0) is 34.1. The third kappa shape index (κ3) is 6.77. The lowest BCUT2D eigenvalue weighted by molar-refractivity contribution is 0.762. The van der Waals surface area contributed by atoms with Gasteiger partial charge in [-0.15, -0.1) is 0 Å². The zero-order valence-electron chi connectivity index (χ0n) is 28.8. The normalized spacial score (nSPS) is 13.0. The molecule has 7 aromatic rings. The molecule has 8 rings (SSSR count). The molecule has 2 N–H and O–H groups in total. The minimum Gasteiger partial charge on any atom is -0.324 e. The molecule has 0 spiro atoms. The Balaban J connectivity index is 0.000000173. The summed E-state index contributed by atoms with van der Waals surface area (Å²) >= 11 is 0. The molecule has 0 aromatic heterocycles. The summed E-state index contributed by atoms with van der Waals surface area (Å²) in [4.78, 5) is 0. The number of rotatable bonds is 6. The third-order valence-corrected chi connectivity index (χ3v) is 9.35. The van der Waals surface area contributed by atoms with Crippen molar-refractivity contribution in [3.05, 3.63) is 221 Å². The maximum atomic E-state index is 6.11. The molecule has 0 bridgehead atoms. The highest BCUT2D eigenvalue weighted by Crippen LogP contribution is 2.55. The maximum absolute atomic E-state index is 6.11. The summed E-state index contributed by atoms with van der Waals surface area (Å²) in [5.41, 5.74) is 17.5. The molecule has 0 heterocycles. The minimum atomic E-state index is -0.315. The molecule has 1 unspecified atom stereocenters. The number of nitrogens with two attached hydrogens (primary N) is 1. The predicted molar refractivity (Wildman–Crippen MR) is 211 cm³/mol. The van der Waals surface area contributed by atoms with Crippen molar-refractivity contribution in [2.75, 3.05) is 0 Å². The average Bonchev–Trinajstić information content (AvgIpc) is 3.48. The second kappa shape index (κ2) is 15.6. The Morgan fingerprint density at radius 2 is 1.04 bits per heavy atom. The molecular weight excluding hydrogens is 591 g/mol. The summed E-state index contributed by atoms with van der Waals surface area (Å²) in [6.45, 7) is 6.03. The van der Waals surface area contributed by atoms with E-state index in [2.05, 4.69) is 188 Å². The molecule has 49 heavy (non-hydrogen) atoms. The summed E-state index contributed by atoms with van der Waals surface area (Å²) in [6, 6.07) is 62.9. The van der Waals surface area contributed by atoms with Crippen LogP contribution in [0.4, 0.5) is 0 Å². The van der Waals surface area contributed by atoms with Crippen molar-refractivity contribution in [2.24, 2.45) is 5.73 Å². The first-order valence-corrected chi connectivity index (χ1v) is 17.5. The van der Waals surface area contributed by atoms with Crippen molar-refractivity contribution < 1.29 is 0 Å². The fourth-order valence-electron chi connectivity index (χ4n) is 7.08. The Morgan fingerprint density at radius 3 is 1.67 bits per heavy atom. The van der Waals surface area contributed by atoms with Crippen LogP contribution in [0.3, 0.4) is 0 Å². The van der Waals surface area contributed by atoms with Crippen LogP contribution in [0.2, 0.25) is 0 Å². The molecule has 0 aliphatic heterocycles. The van der Waals surface area contributed by atoms with Gasteiger partial charge in [0, 0.05) is 6.04 Å². The molecule has 1 aliphatic carbocycles. The molecule has 1 atom stereocenters. The zero-order valence-corrected chi connectivity index (χ0v) is 28.8. The Kier molecular flexibility index (Phi) is 10.6. The predicted octanol–water partition coefficient (Wildman–Crippen LogP) is 12.2. The lowest BCUT2D eigenvalue weighted by atomic mass is 9.67. The molecular formula is C48H45N. The van der Waals surface area contributed by atoms with Gasteiger partial charge in [0.2, 0.25) is 0 Å². The largest absolute Gasteiger partial charge is 0.324 e. The Hall–Kier alpha value is -5.50. The van der Waals surface area contributed by atoms with E-state index in [9.17, 15) is 0 Å². The molecule has 0 amide bonds. The van der Waals surface area contributed by atoms with E-state index in [-0.39, 0.29) is 11.5 Å². The van der Waals surface area contributed by atoms with Crippen LogP contribution >= 0.6 is 0 Å². The molecule has 0 fully saturated rings.